The molecule has 0 unspecified atom stereocenters. The van der Waals surface area contributed by atoms with Gasteiger partial charge in [-0.1, -0.05) is 37.6 Å². The molecule has 1 aromatic heterocycles. The Balaban J connectivity index is 1.76. The number of sulfonamides is 1. The summed E-state index contributed by atoms with van der Waals surface area (Å²) in [6.45, 7) is 4.27. The number of benzene rings is 2. The third-order valence-electron chi connectivity index (χ3n) is 5.33. The first-order valence-electron chi connectivity index (χ1n) is 10.4. The second kappa shape index (κ2) is 10.6. The van der Waals surface area contributed by atoms with E-state index in [1.54, 1.807) is 6.07 Å². The molecule has 0 aliphatic rings. The van der Waals surface area contributed by atoms with Crippen LogP contribution in [0.4, 0.5) is 5.95 Å². The molecular weight excluding hydrogens is 495 g/mol. The molecular formula is C24H24Cl2N4O3S. The van der Waals surface area contributed by atoms with E-state index in [1.165, 1.54) is 6.20 Å². The third-order valence-corrected chi connectivity index (χ3v) is 6.41. The van der Waals surface area contributed by atoms with Crippen LogP contribution >= 0.6 is 23.2 Å². The summed E-state index contributed by atoms with van der Waals surface area (Å²) >= 11 is 12.3. The Hall–Kier alpha value is -2.86. The second-order valence-electron chi connectivity index (χ2n) is 8.22. The Labute approximate surface area is 209 Å². The van der Waals surface area contributed by atoms with Gasteiger partial charge in [-0.2, -0.15) is 5.26 Å². The third kappa shape index (κ3) is 6.38. The highest BCUT2D eigenvalue weighted by atomic mass is 35.5. The number of aromatic nitrogens is 2. The molecule has 0 spiro atoms. The number of rotatable bonds is 9. The minimum Gasteiger partial charge on any atom is -0.487 e. The van der Waals surface area contributed by atoms with E-state index in [0.29, 0.717) is 34.3 Å². The van der Waals surface area contributed by atoms with Gasteiger partial charge in [0.25, 0.3) is 0 Å². The van der Waals surface area contributed by atoms with Crippen LogP contribution in [0.1, 0.15) is 41.8 Å². The number of nitrogens with one attached hydrogen (secondary N) is 1. The molecule has 3 aromatic rings. The monoisotopic (exact) mass is 518 g/mol. The van der Waals surface area contributed by atoms with Crippen molar-refractivity contribution in [3.05, 3.63) is 81.6 Å². The maximum absolute atomic E-state index is 11.4. The van der Waals surface area contributed by atoms with Gasteiger partial charge in [-0.05, 0) is 53.4 Å². The van der Waals surface area contributed by atoms with Crippen LogP contribution in [0.3, 0.4) is 0 Å². The molecule has 0 fully saturated rings. The highest BCUT2D eigenvalue weighted by Crippen LogP contribution is 2.36. The van der Waals surface area contributed by atoms with Gasteiger partial charge in [0, 0.05) is 22.5 Å². The molecule has 7 nitrogen and oxygen atoms in total. The van der Waals surface area contributed by atoms with Gasteiger partial charge in [-0.3, -0.25) is 4.72 Å². The normalized spacial score (nSPS) is 11.6. The van der Waals surface area contributed by atoms with Gasteiger partial charge in [0.05, 0.1) is 23.6 Å². The Morgan fingerprint density at radius 3 is 2.47 bits per heavy atom. The molecule has 0 aliphatic carbocycles. The Morgan fingerprint density at radius 1 is 1.15 bits per heavy atom. The molecule has 2 aromatic carbocycles. The van der Waals surface area contributed by atoms with Crippen LogP contribution in [-0.4, -0.2) is 30.5 Å². The average Bonchev–Trinajstić information content (AvgIpc) is 2.78. The molecule has 34 heavy (non-hydrogen) atoms. The fourth-order valence-electron chi connectivity index (χ4n) is 3.43. The Bertz CT molecular complexity index is 1320. The summed E-state index contributed by atoms with van der Waals surface area (Å²) in [5, 5.41) is 10.1. The summed E-state index contributed by atoms with van der Waals surface area (Å²) in [5.74, 6) is 1.01. The van der Waals surface area contributed by atoms with E-state index in [1.807, 2.05) is 36.4 Å². The molecule has 0 atom stereocenters. The molecule has 0 amide bonds. The summed E-state index contributed by atoms with van der Waals surface area (Å²) in [6.07, 6.45) is 3.03. The average molecular weight is 519 g/mol. The minimum absolute atomic E-state index is 0.00633. The van der Waals surface area contributed by atoms with Crippen LogP contribution in [0, 0.1) is 11.3 Å². The SMILES string of the molecule is CC(C)(c1ccc(OCc2ccnc(NS(C)(=O)=O)n2)cc1)c1cc(Cl)c(CCCl)c(C#N)c1. The number of anilines is 1. The maximum Gasteiger partial charge on any atom is 0.236 e. The van der Waals surface area contributed by atoms with Crippen LogP contribution < -0.4 is 9.46 Å². The van der Waals surface area contributed by atoms with Crippen molar-refractivity contribution in [1.29, 1.82) is 5.26 Å². The zero-order valence-corrected chi connectivity index (χ0v) is 21.3. The summed E-state index contributed by atoms with van der Waals surface area (Å²) in [7, 11) is -3.46. The first kappa shape index (κ1) is 25.8. The molecule has 3 rings (SSSR count). The number of nitrogens with zero attached hydrogens (tertiary/aromatic N) is 3. The van der Waals surface area contributed by atoms with Gasteiger partial charge in [0.15, 0.2) is 0 Å². The summed E-state index contributed by atoms with van der Waals surface area (Å²) < 4.78 is 30.8. The lowest BCUT2D eigenvalue weighted by Crippen LogP contribution is -2.19. The molecule has 0 saturated carbocycles. The van der Waals surface area contributed by atoms with E-state index < -0.39 is 15.4 Å². The van der Waals surface area contributed by atoms with Crippen LogP contribution in [0.5, 0.6) is 5.75 Å². The smallest absolute Gasteiger partial charge is 0.236 e. The molecule has 0 saturated heterocycles. The predicted octanol–water partition coefficient (Wildman–Crippen LogP) is 5.06. The molecule has 10 heteroatoms. The van der Waals surface area contributed by atoms with Crippen molar-refractivity contribution in [2.24, 2.45) is 0 Å². The number of ether oxygens (including phenoxy) is 1. The highest BCUT2D eigenvalue weighted by molar-refractivity contribution is 7.91. The molecule has 0 radical (unpaired) electrons. The van der Waals surface area contributed by atoms with E-state index in [9.17, 15) is 13.7 Å². The number of hydrogen-bond acceptors (Lipinski definition) is 6. The lowest BCUT2D eigenvalue weighted by atomic mass is 9.77. The molecule has 178 valence electrons. The van der Waals surface area contributed by atoms with Crippen LogP contribution in [0.25, 0.3) is 0 Å². The molecule has 0 bridgehead atoms. The minimum atomic E-state index is -3.46. The van der Waals surface area contributed by atoms with Gasteiger partial charge in [-0.15, -0.1) is 11.6 Å². The topological polar surface area (TPSA) is 105 Å². The number of halogens is 2. The van der Waals surface area contributed by atoms with Crippen molar-refractivity contribution in [3.8, 4) is 11.8 Å². The summed E-state index contributed by atoms with van der Waals surface area (Å²) in [4.78, 5) is 8.03. The lowest BCUT2D eigenvalue weighted by molar-refractivity contribution is 0.301. The standard InChI is InChI=1S/C24H24Cl2N4O3S/c1-24(2,18-12-16(14-27)21(8-10-25)22(26)13-18)17-4-6-20(7-5-17)33-15-19-9-11-28-23(29-19)30-34(3,31)32/h4-7,9,11-13H,8,10,15H2,1-3H3,(H,28,29,30). The second-order valence-corrected chi connectivity index (χ2v) is 10.8. The van der Waals surface area contributed by atoms with Crippen molar-refractivity contribution < 1.29 is 13.2 Å². The highest BCUT2D eigenvalue weighted by Gasteiger charge is 2.25. The van der Waals surface area contributed by atoms with Gasteiger partial charge >= 0.3 is 0 Å². The van der Waals surface area contributed by atoms with Crippen molar-refractivity contribution >= 4 is 39.2 Å². The predicted molar refractivity (Wildman–Crippen MR) is 134 cm³/mol. The van der Waals surface area contributed by atoms with E-state index >= 15 is 0 Å². The van der Waals surface area contributed by atoms with E-state index in [4.69, 9.17) is 27.9 Å². The van der Waals surface area contributed by atoms with Gasteiger partial charge in [-0.25, -0.2) is 18.4 Å². The number of alkyl halides is 1. The van der Waals surface area contributed by atoms with Crippen molar-refractivity contribution in [2.45, 2.75) is 32.3 Å². The number of hydrogen-bond donors (Lipinski definition) is 1. The van der Waals surface area contributed by atoms with Crippen LogP contribution in [-0.2, 0) is 28.5 Å². The molecule has 1 N–H and O–H groups in total. The zero-order valence-electron chi connectivity index (χ0n) is 19.0. The number of nitriles is 1. The fourth-order valence-corrected chi connectivity index (χ4v) is 4.36. The van der Waals surface area contributed by atoms with Gasteiger partial charge in [0.2, 0.25) is 16.0 Å². The van der Waals surface area contributed by atoms with E-state index in [0.717, 1.165) is 22.9 Å². The lowest BCUT2D eigenvalue weighted by Gasteiger charge is -2.27. The summed E-state index contributed by atoms with van der Waals surface area (Å²) in [6, 6.07) is 15.3. The largest absolute Gasteiger partial charge is 0.487 e. The Kier molecular flexibility index (Phi) is 8.03. The van der Waals surface area contributed by atoms with Gasteiger partial charge < -0.3 is 4.74 Å². The van der Waals surface area contributed by atoms with E-state index in [2.05, 4.69) is 34.6 Å². The van der Waals surface area contributed by atoms with Crippen LogP contribution in [0.15, 0.2) is 48.7 Å². The first-order valence-corrected chi connectivity index (χ1v) is 13.2. The molecule has 0 aliphatic heterocycles. The maximum atomic E-state index is 11.4. The quantitative estimate of drug-likeness (QED) is 0.397. The molecule has 1 heterocycles. The zero-order chi connectivity index (χ0) is 24.9. The van der Waals surface area contributed by atoms with Crippen LogP contribution in [0.2, 0.25) is 5.02 Å². The summed E-state index contributed by atoms with van der Waals surface area (Å²) in [5.41, 5.74) is 3.36. The fraction of sp³-hybridized carbons (Fsp3) is 0.292. The van der Waals surface area contributed by atoms with Crippen molar-refractivity contribution in [2.75, 3.05) is 16.9 Å². The van der Waals surface area contributed by atoms with E-state index in [-0.39, 0.29) is 12.6 Å². The van der Waals surface area contributed by atoms with Crippen molar-refractivity contribution in [1.82, 2.24) is 9.97 Å². The van der Waals surface area contributed by atoms with Gasteiger partial charge in [0.1, 0.15) is 12.4 Å². The first-order chi connectivity index (χ1) is 16.0. The Morgan fingerprint density at radius 2 is 1.85 bits per heavy atom. The van der Waals surface area contributed by atoms with Crippen molar-refractivity contribution in [3.63, 3.8) is 0 Å².